The van der Waals surface area contributed by atoms with Crippen molar-refractivity contribution in [3.8, 4) is 0 Å². The summed E-state index contributed by atoms with van der Waals surface area (Å²) in [5.74, 6) is 0.0969. The number of nitrogens with two attached hydrogens (primary N) is 1. The molecule has 2 unspecified atom stereocenters. The summed E-state index contributed by atoms with van der Waals surface area (Å²) < 4.78 is 28.8. The molecule has 7 nitrogen and oxygen atoms in total. The van der Waals surface area contributed by atoms with E-state index in [9.17, 15) is 8.42 Å². The molecule has 21 heavy (non-hydrogen) atoms. The number of aromatic nitrogens is 2. The maximum absolute atomic E-state index is 12.8. The van der Waals surface area contributed by atoms with Crippen molar-refractivity contribution in [2.24, 2.45) is 0 Å². The van der Waals surface area contributed by atoms with E-state index >= 15 is 0 Å². The fourth-order valence-electron chi connectivity index (χ4n) is 3.41. The van der Waals surface area contributed by atoms with Gasteiger partial charge in [0.1, 0.15) is 4.90 Å². The predicted molar refractivity (Wildman–Crippen MR) is 80.3 cm³/mol. The van der Waals surface area contributed by atoms with Gasteiger partial charge in [0.25, 0.3) is 0 Å². The highest BCUT2D eigenvalue weighted by Crippen LogP contribution is 2.31. The Kier molecular flexibility index (Phi) is 3.71. The highest BCUT2D eigenvalue weighted by Gasteiger charge is 2.39. The van der Waals surface area contributed by atoms with Crippen LogP contribution in [-0.2, 0) is 16.6 Å². The van der Waals surface area contributed by atoms with Crippen LogP contribution >= 0.6 is 0 Å². The van der Waals surface area contributed by atoms with Crippen molar-refractivity contribution in [1.82, 2.24) is 19.0 Å². The zero-order chi connectivity index (χ0) is 15.2. The molecule has 3 rings (SSSR count). The Morgan fingerprint density at radius 2 is 2.05 bits per heavy atom. The lowest BCUT2D eigenvalue weighted by molar-refractivity contribution is 0.246. The van der Waals surface area contributed by atoms with Crippen molar-refractivity contribution in [3.05, 3.63) is 6.20 Å². The topological polar surface area (TPSA) is 84.5 Å². The Morgan fingerprint density at radius 1 is 1.33 bits per heavy atom. The van der Waals surface area contributed by atoms with Crippen molar-refractivity contribution in [2.45, 2.75) is 49.7 Å². The molecule has 0 spiro atoms. The highest BCUT2D eigenvalue weighted by atomic mass is 32.2. The van der Waals surface area contributed by atoms with Crippen LogP contribution in [0.3, 0.4) is 0 Å². The van der Waals surface area contributed by atoms with Gasteiger partial charge in [-0.1, -0.05) is 0 Å². The van der Waals surface area contributed by atoms with Gasteiger partial charge >= 0.3 is 0 Å². The van der Waals surface area contributed by atoms with E-state index in [1.165, 1.54) is 12.6 Å². The van der Waals surface area contributed by atoms with Gasteiger partial charge in [0.15, 0.2) is 5.82 Å². The molecule has 0 amide bonds. The van der Waals surface area contributed by atoms with Crippen LogP contribution in [0.25, 0.3) is 0 Å². The predicted octanol–water partition coefficient (Wildman–Crippen LogP) is 0.342. The molecule has 118 valence electrons. The fraction of sp³-hybridized carbons (Fsp3) is 0.769. The lowest BCUT2D eigenvalue weighted by atomic mass is 10.1. The van der Waals surface area contributed by atoms with Crippen LogP contribution in [0.1, 0.15) is 26.2 Å². The molecular formula is C13H23N5O2S. The molecule has 2 atom stereocenters. The van der Waals surface area contributed by atoms with E-state index in [4.69, 9.17) is 5.73 Å². The standard InChI is InChI=1S/C13H23N5O2S/c1-3-17-9-12(13(14)15-17)21(19,20)18-7-6-10-4-5-11(8-18)16(10)2/h9-11H,3-8H2,1-2H3,(H2,14,15). The minimum atomic E-state index is -3.55. The maximum Gasteiger partial charge on any atom is 0.248 e. The maximum atomic E-state index is 12.8. The Balaban J connectivity index is 1.89. The van der Waals surface area contributed by atoms with Crippen molar-refractivity contribution in [2.75, 3.05) is 25.9 Å². The fourth-order valence-corrected chi connectivity index (χ4v) is 4.97. The van der Waals surface area contributed by atoms with Crippen LogP contribution in [0.4, 0.5) is 5.82 Å². The van der Waals surface area contributed by atoms with Gasteiger partial charge in [0.05, 0.1) is 0 Å². The largest absolute Gasteiger partial charge is 0.381 e. The average Bonchev–Trinajstić information content (AvgIpc) is 2.90. The lowest BCUT2D eigenvalue weighted by Gasteiger charge is -2.24. The molecule has 0 aromatic carbocycles. The van der Waals surface area contributed by atoms with E-state index in [1.807, 2.05) is 6.92 Å². The zero-order valence-corrected chi connectivity index (χ0v) is 13.4. The van der Waals surface area contributed by atoms with Crippen LogP contribution in [-0.4, -0.2) is 59.6 Å². The summed E-state index contributed by atoms with van der Waals surface area (Å²) in [4.78, 5) is 2.47. The van der Waals surface area contributed by atoms with Gasteiger partial charge in [-0.25, -0.2) is 8.42 Å². The molecule has 8 heteroatoms. The second-order valence-electron chi connectivity index (χ2n) is 5.94. The molecule has 2 aliphatic rings. The van der Waals surface area contributed by atoms with E-state index in [0.717, 1.165) is 12.8 Å². The van der Waals surface area contributed by atoms with Gasteiger partial charge in [-0.05, 0) is 33.2 Å². The number of anilines is 1. The quantitative estimate of drug-likeness (QED) is 0.870. The Labute approximate surface area is 125 Å². The Bertz CT molecular complexity index is 627. The van der Waals surface area contributed by atoms with Gasteiger partial charge in [0, 0.05) is 37.9 Å². The van der Waals surface area contributed by atoms with E-state index < -0.39 is 10.0 Å². The monoisotopic (exact) mass is 313 g/mol. The van der Waals surface area contributed by atoms with Crippen molar-refractivity contribution in [1.29, 1.82) is 0 Å². The number of rotatable bonds is 3. The summed E-state index contributed by atoms with van der Waals surface area (Å²) >= 11 is 0. The molecular weight excluding hydrogens is 290 g/mol. The number of hydrogen-bond acceptors (Lipinski definition) is 5. The second kappa shape index (κ2) is 5.26. The first-order valence-corrected chi connectivity index (χ1v) is 8.92. The van der Waals surface area contributed by atoms with Crippen molar-refractivity contribution in [3.63, 3.8) is 0 Å². The van der Waals surface area contributed by atoms with Crippen LogP contribution in [0, 0.1) is 0 Å². The molecule has 2 fully saturated rings. The molecule has 3 heterocycles. The first-order chi connectivity index (χ1) is 9.93. The lowest BCUT2D eigenvalue weighted by Crippen LogP contribution is -2.39. The smallest absolute Gasteiger partial charge is 0.248 e. The Hall–Kier alpha value is -1.12. The minimum Gasteiger partial charge on any atom is -0.381 e. The minimum absolute atomic E-state index is 0.0969. The molecule has 0 radical (unpaired) electrons. The van der Waals surface area contributed by atoms with Crippen molar-refractivity contribution >= 4 is 15.8 Å². The summed E-state index contributed by atoms with van der Waals surface area (Å²) in [6.07, 6.45) is 4.66. The molecule has 1 aromatic rings. The summed E-state index contributed by atoms with van der Waals surface area (Å²) in [6.45, 7) is 3.62. The molecule has 0 aliphatic carbocycles. The summed E-state index contributed by atoms with van der Waals surface area (Å²) in [5.41, 5.74) is 5.80. The van der Waals surface area contributed by atoms with E-state index in [0.29, 0.717) is 31.7 Å². The van der Waals surface area contributed by atoms with E-state index in [2.05, 4.69) is 17.0 Å². The number of nitrogens with zero attached hydrogens (tertiary/aromatic N) is 4. The van der Waals surface area contributed by atoms with Gasteiger partial charge in [-0.2, -0.15) is 9.40 Å². The number of sulfonamides is 1. The molecule has 2 N–H and O–H groups in total. The second-order valence-corrected chi connectivity index (χ2v) is 7.84. The van der Waals surface area contributed by atoms with Crippen LogP contribution < -0.4 is 5.73 Å². The summed E-state index contributed by atoms with van der Waals surface area (Å²) in [6, 6.07) is 0.820. The average molecular weight is 313 g/mol. The molecule has 2 bridgehead atoms. The van der Waals surface area contributed by atoms with E-state index in [1.54, 1.807) is 8.99 Å². The highest BCUT2D eigenvalue weighted by molar-refractivity contribution is 7.89. The van der Waals surface area contributed by atoms with Crippen molar-refractivity contribution < 1.29 is 8.42 Å². The third-order valence-electron chi connectivity index (χ3n) is 4.81. The molecule has 0 saturated carbocycles. The number of nitrogen functional groups attached to an aromatic ring is 1. The third kappa shape index (κ3) is 2.45. The summed E-state index contributed by atoms with van der Waals surface area (Å²) in [7, 11) is -1.45. The van der Waals surface area contributed by atoms with Crippen LogP contribution in [0.5, 0.6) is 0 Å². The molecule has 2 saturated heterocycles. The van der Waals surface area contributed by atoms with Gasteiger partial charge in [-0.15, -0.1) is 0 Å². The number of aryl methyl sites for hydroxylation is 1. The Morgan fingerprint density at radius 3 is 2.71 bits per heavy atom. The number of likely N-dealkylation sites (N-methyl/N-ethyl adjacent to an activating group) is 1. The van der Waals surface area contributed by atoms with Gasteiger partial charge < -0.3 is 5.73 Å². The third-order valence-corrected chi connectivity index (χ3v) is 6.69. The number of hydrogen-bond donors (Lipinski definition) is 1. The van der Waals surface area contributed by atoms with Gasteiger partial charge in [-0.3, -0.25) is 9.58 Å². The summed E-state index contributed by atoms with van der Waals surface area (Å²) in [5, 5.41) is 4.05. The normalized spacial score (nSPS) is 27.9. The van der Waals surface area contributed by atoms with Crippen LogP contribution in [0.2, 0.25) is 0 Å². The first-order valence-electron chi connectivity index (χ1n) is 7.48. The molecule has 1 aromatic heterocycles. The number of fused-ring (bicyclic) bond motifs is 2. The first kappa shape index (κ1) is 14.8. The zero-order valence-electron chi connectivity index (χ0n) is 12.6. The van der Waals surface area contributed by atoms with Gasteiger partial charge in [0.2, 0.25) is 10.0 Å². The van der Waals surface area contributed by atoms with Crippen LogP contribution in [0.15, 0.2) is 11.1 Å². The van der Waals surface area contributed by atoms with E-state index in [-0.39, 0.29) is 10.7 Å². The SMILES string of the molecule is CCn1cc(S(=O)(=O)N2CCC3CCC(C2)N3C)c(N)n1. The molecule has 2 aliphatic heterocycles.